The van der Waals surface area contributed by atoms with Gasteiger partial charge in [0.2, 0.25) is 0 Å². The molecule has 0 aliphatic rings. The average Bonchev–Trinajstić information content (AvgIpc) is 2.43. The van der Waals surface area contributed by atoms with Crippen molar-refractivity contribution in [3.63, 3.8) is 0 Å². The second-order valence-corrected chi connectivity index (χ2v) is 5.20. The van der Waals surface area contributed by atoms with Crippen LogP contribution in [-0.4, -0.2) is 29.1 Å². The maximum absolute atomic E-state index is 12.0. The number of amides is 1. The molecule has 0 fully saturated rings. The lowest BCUT2D eigenvalue weighted by molar-refractivity contribution is -0.139. The van der Waals surface area contributed by atoms with E-state index in [1.807, 2.05) is 20.8 Å². The molecule has 0 saturated heterocycles. The zero-order valence-corrected chi connectivity index (χ0v) is 12.8. The van der Waals surface area contributed by atoms with Gasteiger partial charge in [-0.3, -0.25) is 4.79 Å². The fourth-order valence-electron chi connectivity index (χ4n) is 1.86. The second-order valence-electron chi connectivity index (χ2n) is 5.20. The lowest BCUT2D eigenvalue weighted by Crippen LogP contribution is -2.40. The molecule has 1 amide bonds. The van der Waals surface area contributed by atoms with E-state index in [0.717, 1.165) is 12.8 Å². The van der Waals surface area contributed by atoms with E-state index in [1.165, 1.54) is 0 Å². The van der Waals surface area contributed by atoms with Crippen molar-refractivity contribution in [2.75, 3.05) is 0 Å². The highest BCUT2D eigenvalue weighted by Crippen LogP contribution is 2.14. The van der Waals surface area contributed by atoms with Gasteiger partial charge in [0.05, 0.1) is 6.10 Å². The fraction of sp³-hybridized carbons (Fsp3) is 0.500. The molecule has 1 aromatic carbocycles. The molecule has 0 aliphatic carbocycles. The Morgan fingerprint density at radius 3 is 2.33 bits per heavy atom. The van der Waals surface area contributed by atoms with Gasteiger partial charge in [0.25, 0.3) is 5.91 Å². The van der Waals surface area contributed by atoms with Crippen LogP contribution in [0.25, 0.3) is 0 Å². The first kappa shape index (κ1) is 17.0. The molecule has 0 saturated carbocycles. The molecule has 0 unspecified atom stereocenters. The largest absolute Gasteiger partial charge is 0.491 e. The molecule has 0 aliphatic heterocycles. The zero-order chi connectivity index (χ0) is 15.8. The van der Waals surface area contributed by atoms with Crippen LogP contribution in [-0.2, 0) is 4.79 Å². The van der Waals surface area contributed by atoms with Crippen molar-refractivity contribution in [1.82, 2.24) is 5.32 Å². The van der Waals surface area contributed by atoms with Gasteiger partial charge < -0.3 is 15.2 Å². The number of unbranched alkanes of at least 4 members (excludes halogenated alkanes) is 1. The second kappa shape index (κ2) is 8.29. The first-order valence-electron chi connectivity index (χ1n) is 7.24. The third-order valence-electron chi connectivity index (χ3n) is 2.94. The molecular weight excluding hydrogens is 270 g/mol. The van der Waals surface area contributed by atoms with E-state index in [-0.39, 0.29) is 12.0 Å². The van der Waals surface area contributed by atoms with Crippen molar-refractivity contribution >= 4 is 11.9 Å². The maximum Gasteiger partial charge on any atom is 0.326 e. The summed E-state index contributed by atoms with van der Waals surface area (Å²) < 4.78 is 5.50. The molecule has 116 valence electrons. The topological polar surface area (TPSA) is 75.6 Å². The predicted molar refractivity (Wildman–Crippen MR) is 80.6 cm³/mol. The molecule has 2 N–H and O–H groups in total. The Kier molecular flexibility index (Phi) is 6.72. The molecular formula is C16H23NO4. The number of rotatable bonds is 8. The van der Waals surface area contributed by atoms with E-state index < -0.39 is 12.0 Å². The summed E-state index contributed by atoms with van der Waals surface area (Å²) in [5.74, 6) is -0.700. The van der Waals surface area contributed by atoms with E-state index >= 15 is 0 Å². The highest BCUT2D eigenvalue weighted by molar-refractivity contribution is 5.96. The minimum Gasteiger partial charge on any atom is -0.491 e. The van der Waals surface area contributed by atoms with Gasteiger partial charge in [-0.05, 0) is 44.5 Å². The van der Waals surface area contributed by atoms with Gasteiger partial charge in [0.1, 0.15) is 11.8 Å². The van der Waals surface area contributed by atoms with Crippen LogP contribution >= 0.6 is 0 Å². The van der Waals surface area contributed by atoms with Crippen LogP contribution in [0.3, 0.4) is 0 Å². The number of carboxylic acid groups (broad SMARTS) is 1. The number of hydrogen-bond acceptors (Lipinski definition) is 3. The Morgan fingerprint density at radius 2 is 1.86 bits per heavy atom. The van der Waals surface area contributed by atoms with Crippen molar-refractivity contribution in [2.24, 2.45) is 0 Å². The average molecular weight is 293 g/mol. The summed E-state index contributed by atoms with van der Waals surface area (Å²) in [7, 11) is 0. The van der Waals surface area contributed by atoms with Gasteiger partial charge in [-0.1, -0.05) is 19.8 Å². The first-order valence-corrected chi connectivity index (χ1v) is 7.24. The molecule has 5 heteroatoms. The number of ether oxygens (including phenoxy) is 1. The summed E-state index contributed by atoms with van der Waals surface area (Å²) in [6.45, 7) is 5.83. The molecule has 0 aromatic heterocycles. The van der Waals surface area contributed by atoms with Crippen molar-refractivity contribution in [3.05, 3.63) is 29.8 Å². The van der Waals surface area contributed by atoms with Crippen LogP contribution < -0.4 is 10.1 Å². The lowest BCUT2D eigenvalue weighted by atomic mass is 10.1. The summed E-state index contributed by atoms with van der Waals surface area (Å²) in [6.07, 6.45) is 2.15. The van der Waals surface area contributed by atoms with Crippen LogP contribution in [0.2, 0.25) is 0 Å². The smallest absolute Gasteiger partial charge is 0.326 e. The molecule has 1 atom stereocenters. The molecule has 0 radical (unpaired) electrons. The van der Waals surface area contributed by atoms with Crippen molar-refractivity contribution in [3.8, 4) is 5.75 Å². The Balaban J connectivity index is 2.67. The van der Waals surface area contributed by atoms with Gasteiger partial charge in [-0.2, -0.15) is 0 Å². The van der Waals surface area contributed by atoms with Crippen LogP contribution in [0.5, 0.6) is 5.75 Å². The molecule has 1 aromatic rings. The van der Waals surface area contributed by atoms with Crippen LogP contribution in [0, 0.1) is 0 Å². The number of benzene rings is 1. The van der Waals surface area contributed by atoms with Gasteiger partial charge >= 0.3 is 5.97 Å². The predicted octanol–water partition coefficient (Wildman–Crippen LogP) is 2.85. The highest BCUT2D eigenvalue weighted by atomic mass is 16.5. The van der Waals surface area contributed by atoms with Crippen LogP contribution in [0.1, 0.15) is 50.4 Å². The van der Waals surface area contributed by atoms with Crippen molar-refractivity contribution in [1.29, 1.82) is 0 Å². The Morgan fingerprint density at radius 1 is 1.24 bits per heavy atom. The molecule has 1 rings (SSSR count). The summed E-state index contributed by atoms with van der Waals surface area (Å²) in [5, 5.41) is 11.7. The summed E-state index contributed by atoms with van der Waals surface area (Å²) >= 11 is 0. The normalized spacial score (nSPS) is 12.0. The maximum atomic E-state index is 12.0. The number of aliphatic carboxylic acids is 1. The van der Waals surface area contributed by atoms with Crippen molar-refractivity contribution < 1.29 is 19.4 Å². The SMILES string of the molecule is CCCC[C@H](NC(=O)c1ccc(OC(C)C)cc1)C(=O)O. The number of carbonyl (C=O) groups excluding carboxylic acids is 1. The van der Waals surface area contributed by atoms with Gasteiger partial charge in [-0.25, -0.2) is 4.79 Å². The quantitative estimate of drug-likeness (QED) is 0.772. The highest BCUT2D eigenvalue weighted by Gasteiger charge is 2.19. The first-order chi connectivity index (χ1) is 9.93. The monoisotopic (exact) mass is 293 g/mol. The summed E-state index contributed by atoms with van der Waals surface area (Å²) in [4.78, 5) is 23.2. The van der Waals surface area contributed by atoms with Crippen LogP contribution in [0.15, 0.2) is 24.3 Å². The third-order valence-corrected chi connectivity index (χ3v) is 2.94. The third kappa shape index (κ3) is 5.85. The van der Waals surface area contributed by atoms with Gasteiger partial charge in [0, 0.05) is 5.56 Å². The number of nitrogens with one attached hydrogen (secondary N) is 1. The Labute approximate surface area is 125 Å². The molecule has 5 nitrogen and oxygen atoms in total. The van der Waals surface area contributed by atoms with E-state index in [2.05, 4.69) is 5.32 Å². The minimum absolute atomic E-state index is 0.0649. The van der Waals surface area contributed by atoms with Gasteiger partial charge in [0.15, 0.2) is 0 Å². The number of carboxylic acids is 1. The summed E-state index contributed by atoms with van der Waals surface area (Å²) in [6, 6.07) is 5.83. The van der Waals surface area contributed by atoms with E-state index in [0.29, 0.717) is 17.7 Å². The zero-order valence-electron chi connectivity index (χ0n) is 12.8. The molecule has 0 spiro atoms. The minimum atomic E-state index is -1.00. The molecule has 21 heavy (non-hydrogen) atoms. The number of carbonyl (C=O) groups is 2. The van der Waals surface area contributed by atoms with E-state index in [1.54, 1.807) is 24.3 Å². The Hall–Kier alpha value is -2.04. The van der Waals surface area contributed by atoms with E-state index in [9.17, 15) is 9.59 Å². The van der Waals surface area contributed by atoms with E-state index in [4.69, 9.17) is 9.84 Å². The van der Waals surface area contributed by atoms with Crippen molar-refractivity contribution in [2.45, 2.75) is 52.2 Å². The molecule has 0 bridgehead atoms. The summed E-state index contributed by atoms with van der Waals surface area (Å²) in [5.41, 5.74) is 0.425. The Bertz CT molecular complexity index is 468. The fourth-order valence-corrected chi connectivity index (χ4v) is 1.86. The number of hydrogen-bond donors (Lipinski definition) is 2. The lowest BCUT2D eigenvalue weighted by Gasteiger charge is -2.14. The standard InChI is InChI=1S/C16H23NO4/c1-4-5-6-14(16(19)20)17-15(18)12-7-9-13(10-8-12)21-11(2)3/h7-11,14H,4-6H2,1-3H3,(H,17,18)(H,19,20)/t14-/m0/s1. The molecule has 0 heterocycles. The van der Waals surface area contributed by atoms with Gasteiger partial charge in [-0.15, -0.1) is 0 Å². The van der Waals surface area contributed by atoms with Crippen LogP contribution in [0.4, 0.5) is 0 Å².